The molecule has 0 saturated carbocycles. The van der Waals surface area contributed by atoms with Gasteiger partial charge < -0.3 is 9.26 Å². The van der Waals surface area contributed by atoms with Crippen LogP contribution in [0, 0.1) is 20.0 Å². The summed E-state index contributed by atoms with van der Waals surface area (Å²) in [6.07, 6.45) is 0. The lowest BCUT2D eigenvalue weighted by Crippen LogP contribution is -1.94. The molecule has 2 rings (SSSR count). The minimum absolute atomic E-state index is 0.0366. The number of benzene rings is 1. The first-order valence-electron chi connectivity index (χ1n) is 4.47. The summed E-state index contributed by atoms with van der Waals surface area (Å²) >= 11 is 1.89. The second-order valence-electron chi connectivity index (χ2n) is 2.99. The van der Waals surface area contributed by atoms with E-state index >= 15 is 0 Å². The first kappa shape index (κ1) is 11.7. The molecule has 0 saturated heterocycles. The number of rotatable bonds is 3. The van der Waals surface area contributed by atoms with E-state index in [2.05, 4.69) is 15.0 Å². The van der Waals surface area contributed by atoms with Gasteiger partial charge in [-0.25, -0.2) is 0 Å². The quantitative estimate of drug-likeness (QED) is 0.370. The van der Waals surface area contributed by atoms with Crippen molar-refractivity contribution in [2.45, 2.75) is 0 Å². The lowest BCUT2D eigenvalue weighted by Gasteiger charge is -1.95. The van der Waals surface area contributed by atoms with Crippen LogP contribution in [0.5, 0.6) is 5.88 Å². The average molecular weight is 344 g/mol. The number of halogens is 1. The molecule has 0 fully saturated rings. The molecule has 0 N–H and O–H groups in total. The van der Waals surface area contributed by atoms with Crippen LogP contribution in [-0.2, 0) is 0 Å². The maximum atomic E-state index is 10.6. The third kappa shape index (κ3) is 2.47. The maximum Gasteiger partial charge on any atom is 0.270 e. The van der Waals surface area contributed by atoms with Crippen molar-refractivity contribution in [1.82, 2.24) is 5.16 Å². The fourth-order valence-electron chi connectivity index (χ4n) is 1.25. The average Bonchev–Trinajstić information content (AvgIpc) is 2.72. The summed E-state index contributed by atoms with van der Waals surface area (Å²) in [5.41, 5.74) is 0.401. The first-order valence-corrected chi connectivity index (χ1v) is 5.55. The van der Waals surface area contributed by atoms with Crippen molar-refractivity contribution in [1.29, 1.82) is 0 Å². The molecule has 0 aliphatic carbocycles. The van der Waals surface area contributed by atoms with Crippen LogP contribution in [0.25, 0.3) is 11.0 Å². The van der Waals surface area contributed by atoms with Crippen LogP contribution in [0.3, 0.4) is 0 Å². The Hall–Kier alpha value is -1.82. The summed E-state index contributed by atoms with van der Waals surface area (Å²) in [6.45, 7) is 0.160. The number of nitro benzene ring substituents is 1. The Bertz CT molecular complexity index is 626. The van der Waals surface area contributed by atoms with Crippen LogP contribution < -0.4 is 4.74 Å². The fraction of sp³-hybridized carbons (Fsp3) is 0.100. The molecular formula is C10H5IN2O4. The van der Waals surface area contributed by atoms with E-state index in [0.717, 1.165) is 0 Å². The van der Waals surface area contributed by atoms with Crippen LogP contribution in [0.1, 0.15) is 0 Å². The van der Waals surface area contributed by atoms with Gasteiger partial charge in [0, 0.05) is 34.7 Å². The van der Waals surface area contributed by atoms with Gasteiger partial charge in [-0.05, 0) is 15.2 Å². The summed E-state index contributed by atoms with van der Waals surface area (Å²) in [4.78, 5) is 10.1. The Kier molecular flexibility index (Phi) is 3.43. The normalized spacial score (nSPS) is 9.71. The van der Waals surface area contributed by atoms with Gasteiger partial charge in [-0.1, -0.05) is 5.92 Å². The number of fused-ring (bicyclic) bond motifs is 1. The van der Waals surface area contributed by atoms with Crippen molar-refractivity contribution >= 4 is 39.2 Å². The summed E-state index contributed by atoms with van der Waals surface area (Å²) in [7, 11) is 0. The highest BCUT2D eigenvalue weighted by Gasteiger charge is 2.14. The van der Waals surface area contributed by atoms with Gasteiger partial charge in [0.05, 0.1) is 10.3 Å². The zero-order chi connectivity index (χ0) is 12.3. The molecule has 0 bridgehead atoms. The molecular weight excluding hydrogens is 339 g/mol. The van der Waals surface area contributed by atoms with E-state index in [-0.39, 0.29) is 18.2 Å². The Labute approximate surface area is 109 Å². The zero-order valence-electron chi connectivity index (χ0n) is 8.34. The third-order valence-electron chi connectivity index (χ3n) is 1.98. The number of nitro groups is 1. The number of non-ortho nitro benzene ring substituents is 1. The van der Waals surface area contributed by atoms with E-state index in [1.54, 1.807) is 0 Å². The molecule has 0 atom stereocenters. The maximum absolute atomic E-state index is 10.6. The van der Waals surface area contributed by atoms with Gasteiger partial charge in [-0.2, -0.15) is 0 Å². The van der Waals surface area contributed by atoms with Gasteiger partial charge in [0.2, 0.25) is 0 Å². The highest BCUT2D eigenvalue weighted by Crippen LogP contribution is 2.28. The van der Waals surface area contributed by atoms with Gasteiger partial charge in [-0.15, -0.1) is 0 Å². The molecule has 0 aliphatic heterocycles. The van der Waals surface area contributed by atoms with Gasteiger partial charge in [-0.3, -0.25) is 10.1 Å². The van der Waals surface area contributed by atoms with Gasteiger partial charge in [0.1, 0.15) is 0 Å². The molecule has 0 spiro atoms. The van der Waals surface area contributed by atoms with Crippen molar-refractivity contribution in [3.8, 4) is 15.7 Å². The predicted molar refractivity (Wildman–Crippen MR) is 68.0 cm³/mol. The molecule has 1 aromatic carbocycles. The van der Waals surface area contributed by atoms with E-state index in [1.807, 2.05) is 22.6 Å². The molecule has 7 heteroatoms. The number of nitrogens with zero attached hydrogens (tertiary/aromatic N) is 2. The molecule has 0 unspecified atom stereocenters. The van der Waals surface area contributed by atoms with E-state index in [9.17, 15) is 10.1 Å². The predicted octanol–water partition coefficient (Wildman–Crippen LogP) is 2.51. The third-order valence-corrected chi connectivity index (χ3v) is 2.36. The standard InChI is InChI=1S/C10H5IN2O4/c11-4-1-5-16-10-8-6-7(13(14)15)2-3-9(8)17-12-10/h2-3,6H,5H2. The van der Waals surface area contributed by atoms with Crippen molar-refractivity contribution < 1.29 is 14.2 Å². The summed E-state index contributed by atoms with van der Waals surface area (Å²) in [6, 6.07) is 4.19. The van der Waals surface area contributed by atoms with Gasteiger partial charge in [0.15, 0.2) is 12.2 Å². The highest BCUT2D eigenvalue weighted by molar-refractivity contribution is 14.1. The Morgan fingerprint density at radius 3 is 3.12 bits per heavy atom. The molecule has 0 radical (unpaired) electrons. The van der Waals surface area contributed by atoms with Crippen LogP contribution in [0.15, 0.2) is 22.7 Å². The lowest BCUT2D eigenvalue weighted by molar-refractivity contribution is -0.384. The molecule has 0 aliphatic rings. The summed E-state index contributed by atoms with van der Waals surface area (Å²) < 4.78 is 12.8. The number of ether oxygens (including phenoxy) is 1. The monoisotopic (exact) mass is 344 g/mol. The first-order chi connectivity index (χ1) is 8.22. The molecule has 86 valence electrons. The molecule has 17 heavy (non-hydrogen) atoms. The van der Waals surface area contributed by atoms with E-state index < -0.39 is 4.92 Å². The van der Waals surface area contributed by atoms with Crippen LogP contribution in [0.4, 0.5) is 5.69 Å². The van der Waals surface area contributed by atoms with Gasteiger partial charge >= 0.3 is 0 Å². The van der Waals surface area contributed by atoms with E-state index in [4.69, 9.17) is 9.26 Å². The second kappa shape index (κ2) is 5.01. The zero-order valence-corrected chi connectivity index (χ0v) is 10.5. The smallest absolute Gasteiger partial charge is 0.270 e. The minimum Gasteiger partial charge on any atom is -0.462 e. The largest absolute Gasteiger partial charge is 0.462 e. The summed E-state index contributed by atoms with van der Waals surface area (Å²) in [5.74, 6) is 2.90. The number of hydrogen-bond donors (Lipinski definition) is 0. The minimum atomic E-state index is -0.485. The topological polar surface area (TPSA) is 78.4 Å². The SMILES string of the molecule is O=[N+]([O-])c1ccc2onc(OCC#CI)c2c1. The fourth-order valence-corrected chi connectivity index (χ4v) is 1.41. The lowest BCUT2D eigenvalue weighted by atomic mass is 10.2. The molecule has 0 amide bonds. The Morgan fingerprint density at radius 1 is 1.59 bits per heavy atom. The van der Waals surface area contributed by atoms with E-state index in [1.165, 1.54) is 18.2 Å². The molecule has 6 nitrogen and oxygen atoms in total. The van der Waals surface area contributed by atoms with Crippen LogP contribution in [0.2, 0.25) is 0 Å². The van der Waals surface area contributed by atoms with Crippen LogP contribution >= 0.6 is 22.6 Å². The number of hydrogen-bond acceptors (Lipinski definition) is 5. The van der Waals surface area contributed by atoms with E-state index in [0.29, 0.717) is 11.0 Å². The van der Waals surface area contributed by atoms with Crippen molar-refractivity contribution in [2.24, 2.45) is 0 Å². The van der Waals surface area contributed by atoms with Gasteiger partial charge in [0.25, 0.3) is 11.6 Å². The van der Waals surface area contributed by atoms with Crippen molar-refractivity contribution in [3.05, 3.63) is 28.3 Å². The van der Waals surface area contributed by atoms with Crippen LogP contribution in [-0.4, -0.2) is 16.7 Å². The highest BCUT2D eigenvalue weighted by atomic mass is 127. The second-order valence-corrected chi connectivity index (χ2v) is 3.52. The van der Waals surface area contributed by atoms with Crippen molar-refractivity contribution in [3.63, 3.8) is 0 Å². The number of aromatic nitrogens is 1. The Morgan fingerprint density at radius 2 is 2.41 bits per heavy atom. The molecule has 1 heterocycles. The molecule has 2 aromatic rings. The Balaban J connectivity index is 2.38. The molecule has 1 aromatic heterocycles. The summed E-state index contributed by atoms with van der Waals surface area (Å²) in [5, 5.41) is 14.8. The van der Waals surface area contributed by atoms with Crippen molar-refractivity contribution in [2.75, 3.05) is 6.61 Å².